The molecule has 1 aromatic carbocycles. The number of sulfonamides is 1. The summed E-state index contributed by atoms with van der Waals surface area (Å²) in [6.45, 7) is 0.508. The highest BCUT2D eigenvalue weighted by Crippen LogP contribution is 2.25. The van der Waals surface area contributed by atoms with Gasteiger partial charge in [-0.05, 0) is 49.1 Å². The van der Waals surface area contributed by atoms with E-state index in [1.54, 1.807) is 36.0 Å². The van der Waals surface area contributed by atoms with Gasteiger partial charge in [0.25, 0.3) is 0 Å². The van der Waals surface area contributed by atoms with E-state index in [2.05, 4.69) is 5.32 Å². The lowest BCUT2D eigenvalue weighted by atomic mass is 10.2. The number of nitrogens with two attached hydrogens (primary N) is 1. The number of amides is 1. The van der Waals surface area contributed by atoms with Gasteiger partial charge >= 0.3 is 0 Å². The van der Waals surface area contributed by atoms with Crippen molar-refractivity contribution < 1.29 is 13.2 Å². The zero-order chi connectivity index (χ0) is 16.2. The molecule has 0 aromatic heterocycles. The van der Waals surface area contributed by atoms with Crippen LogP contribution >= 0.6 is 11.8 Å². The Morgan fingerprint density at radius 2 is 2.09 bits per heavy atom. The maximum Gasteiger partial charge on any atom is 0.241 e. The van der Waals surface area contributed by atoms with Gasteiger partial charge < -0.3 is 11.1 Å². The van der Waals surface area contributed by atoms with Gasteiger partial charge in [0.15, 0.2) is 0 Å². The van der Waals surface area contributed by atoms with E-state index >= 15 is 0 Å². The van der Waals surface area contributed by atoms with Gasteiger partial charge in [-0.25, -0.2) is 8.42 Å². The first-order valence-corrected chi connectivity index (χ1v) is 10.1. The number of nitrogens with one attached hydrogen (secondary N) is 1. The minimum absolute atomic E-state index is 0.190. The molecule has 0 aliphatic carbocycles. The Hall–Kier alpha value is -1.25. The van der Waals surface area contributed by atoms with Crippen molar-refractivity contribution in [2.75, 3.05) is 33.9 Å². The molecule has 8 heteroatoms. The van der Waals surface area contributed by atoms with Crippen LogP contribution < -0.4 is 15.4 Å². The third-order valence-corrected chi connectivity index (χ3v) is 6.01. The number of rotatable bonds is 6. The zero-order valence-electron chi connectivity index (χ0n) is 12.5. The summed E-state index contributed by atoms with van der Waals surface area (Å²) in [6.07, 6.45) is 3.23. The molecule has 0 spiro atoms. The highest BCUT2D eigenvalue weighted by molar-refractivity contribution is 7.98. The Bertz CT molecular complexity index is 617. The van der Waals surface area contributed by atoms with Crippen molar-refractivity contribution in [2.45, 2.75) is 18.9 Å². The van der Waals surface area contributed by atoms with Crippen LogP contribution in [0.3, 0.4) is 0 Å². The normalized spacial score (nSPS) is 18.2. The van der Waals surface area contributed by atoms with Crippen molar-refractivity contribution in [3.63, 3.8) is 0 Å². The summed E-state index contributed by atoms with van der Waals surface area (Å²) in [5.41, 5.74) is 7.05. The SMILES string of the molecule is CSCC[C@H](N)C(=O)Nc1ccc(N2CCCS2(=O)=O)cc1. The fourth-order valence-electron chi connectivity index (χ4n) is 2.25. The van der Waals surface area contributed by atoms with Crippen molar-refractivity contribution in [3.05, 3.63) is 24.3 Å². The first kappa shape index (κ1) is 17.1. The molecule has 1 heterocycles. The van der Waals surface area contributed by atoms with Crippen LogP contribution in [-0.4, -0.2) is 44.7 Å². The summed E-state index contributed by atoms with van der Waals surface area (Å²) >= 11 is 1.65. The lowest BCUT2D eigenvalue weighted by molar-refractivity contribution is -0.117. The molecule has 2 rings (SSSR count). The minimum Gasteiger partial charge on any atom is -0.325 e. The van der Waals surface area contributed by atoms with E-state index in [9.17, 15) is 13.2 Å². The van der Waals surface area contributed by atoms with Gasteiger partial charge in [0.2, 0.25) is 15.9 Å². The molecule has 1 fully saturated rings. The summed E-state index contributed by atoms with van der Waals surface area (Å²) < 4.78 is 25.1. The molecule has 1 saturated heterocycles. The van der Waals surface area contributed by atoms with E-state index in [-0.39, 0.29) is 11.7 Å². The number of benzene rings is 1. The number of anilines is 2. The standard InChI is InChI=1S/C14H21N3O3S2/c1-21-9-7-13(15)14(18)16-11-3-5-12(6-4-11)17-8-2-10-22(17,19)20/h3-6,13H,2,7-10,15H2,1H3,(H,16,18)/t13-/m0/s1. The Balaban J connectivity index is 1.99. The van der Waals surface area contributed by atoms with Crippen LogP contribution in [0.15, 0.2) is 24.3 Å². The maximum atomic E-state index is 11.9. The molecular weight excluding hydrogens is 322 g/mol. The summed E-state index contributed by atoms with van der Waals surface area (Å²) in [5.74, 6) is 0.798. The zero-order valence-corrected chi connectivity index (χ0v) is 14.1. The van der Waals surface area contributed by atoms with Crippen LogP contribution in [-0.2, 0) is 14.8 Å². The van der Waals surface area contributed by atoms with Crippen LogP contribution in [0.5, 0.6) is 0 Å². The van der Waals surface area contributed by atoms with Gasteiger partial charge in [-0.15, -0.1) is 0 Å². The molecule has 1 aromatic rings. The van der Waals surface area contributed by atoms with Crippen LogP contribution in [0.2, 0.25) is 0 Å². The Morgan fingerprint density at radius 1 is 1.41 bits per heavy atom. The average molecular weight is 343 g/mol. The molecule has 1 aliphatic heterocycles. The number of nitrogens with zero attached hydrogens (tertiary/aromatic N) is 1. The fraction of sp³-hybridized carbons (Fsp3) is 0.500. The highest BCUT2D eigenvalue weighted by Gasteiger charge is 2.28. The van der Waals surface area contributed by atoms with Gasteiger partial charge in [0, 0.05) is 12.2 Å². The second-order valence-electron chi connectivity index (χ2n) is 5.17. The average Bonchev–Trinajstić information content (AvgIpc) is 2.85. The Labute approximate surface area is 135 Å². The summed E-state index contributed by atoms with van der Waals surface area (Å²) in [7, 11) is -3.18. The first-order chi connectivity index (χ1) is 10.4. The van der Waals surface area contributed by atoms with E-state index < -0.39 is 16.1 Å². The van der Waals surface area contributed by atoms with Crippen molar-refractivity contribution >= 4 is 39.1 Å². The molecule has 1 atom stereocenters. The predicted octanol–water partition coefficient (Wildman–Crippen LogP) is 1.25. The summed E-state index contributed by atoms with van der Waals surface area (Å²) in [5, 5.41) is 2.75. The van der Waals surface area contributed by atoms with E-state index in [1.165, 1.54) is 4.31 Å². The second-order valence-corrected chi connectivity index (χ2v) is 8.16. The summed E-state index contributed by atoms with van der Waals surface area (Å²) in [4.78, 5) is 11.9. The number of thioether (sulfide) groups is 1. The lowest BCUT2D eigenvalue weighted by Gasteiger charge is -2.17. The van der Waals surface area contributed by atoms with Gasteiger partial charge in [0.1, 0.15) is 0 Å². The van der Waals surface area contributed by atoms with Gasteiger partial charge in [-0.3, -0.25) is 9.10 Å². The van der Waals surface area contributed by atoms with Crippen LogP contribution in [0.1, 0.15) is 12.8 Å². The first-order valence-electron chi connectivity index (χ1n) is 7.10. The minimum atomic E-state index is -3.18. The lowest BCUT2D eigenvalue weighted by Crippen LogP contribution is -2.36. The maximum absolute atomic E-state index is 11.9. The van der Waals surface area contributed by atoms with Crippen molar-refractivity contribution in [2.24, 2.45) is 5.73 Å². The monoisotopic (exact) mass is 343 g/mol. The van der Waals surface area contributed by atoms with Crippen LogP contribution in [0, 0.1) is 0 Å². The Kier molecular flexibility index (Phi) is 5.71. The molecule has 122 valence electrons. The molecule has 3 N–H and O–H groups in total. The molecule has 0 unspecified atom stereocenters. The number of carbonyl (C=O) groups is 1. The Morgan fingerprint density at radius 3 is 2.64 bits per heavy atom. The largest absolute Gasteiger partial charge is 0.325 e. The number of hydrogen-bond acceptors (Lipinski definition) is 5. The summed E-state index contributed by atoms with van der Waals surface area (Å²) in [6, 6.07) is 6.26. The van der Waals surface area contributed by atoms with E-state index in [1.807, 2.05) is 6.26 Å². The molecule has 6 nitrogen and oxygen atoms in total. The number of hydrogen-bond donors (Lipinski definition) is 2. The molecule has 0 radical (unpaired) electrons. The van der Waals surface area contributed by atoms with Crippen molar-refractivity contribution in [1.29, 1.82) is 0 Å². The third kappa shape index (κ3) is 4.15. The quantitative estimate of drug-likeness (QED) is 0.811. The third-order valence-electron chi connectivity index (χ3n) is 3.49. The van der Waals surface area contributed by atoms with Gasteiger partial charge in [-0.1, -0.05) is 0 Å². The fourth-order valence-corrected chi connectivity index (χ4v) is 4.31. The topological polar surface area (TPSA) is 92.5 Å². The second kappa shape index (κ2) is 7.34. The van der Waals surface area contributed by atoms with Crippen molar-refractivity contribution in [3.8, 4) is 0 Å². The molecule has 0 saturated carbocycles. The van der Waals surface area contributed by atoms with E-state index in [4.69, 9.17) is 5.73 Å². The molecular formula is C14H21N3O3S2. The highest BCUT2D eigenvalue weighted by atomic mass is 32.2. The molecule has 1 amide bonds. The van der Waals surface area contributed by atoms with Crippen molar-refractivity contribution in [1.82, 2.24) is 0 Å². The molecule has 22 heavy (non-hydrogen) atoms. The van der Waals surface area contributed by atoms with Crippen LogP contribution in [0.25, 0.3) is 0 Å². The molecule has 1 aliphatic rings. The molecule has 0 bridgehead atoms. The van der Waals surface area contributed by atoms with Gasteiger partial charge in [0.05, 0.1) is 17.5 Å². The smallest absolute Gasteiger partial charge is 0.241 e. The predicted molar refractivity (Wildman–Crippen MR) is 91.8 cm³/mol. The van der Waals surface area contributed by atoms with E-state index in [0.717, 1.165) is 5.75 Å². The van der Waals surface area contributed by atoms with E-state index in [0.29, 0.717) is 30.8 Å². The van der Waals surface area contributed by atoms with Gasteiger partial charge in [-0.2, -0.15) is 11.8 Å². The van der Waals surface area contributed by atoms with Crippen LogP contribution in [0.4, 0.5) is 11.4 Å². The number of carbonyl (C=O) groups excluding carboxylic acids is 1.